The summed E-state index contributed by atoms with van der Waals surface area (Å²) >= 11 is 0. The second-order valence-electron chi connectivity index (χ2n) is 8.80. The fourth-order valence-electron chi connectivity index (χ4n) is 4.27. The van der Waals surface area contributed by atoms with Gasteiger partial charge >= 0.3 is 0 Å². The number of unbranched alkanes of at least 4 members (excludes halogenated alkanes) is 14. The first kappa shape index (κ1) is 25.2. The van der Waals surface area contributed by atoms with Gasteiger partial charge in [-0.2, -0.15) is 0 Å². The number of rotatable bonds is 20. The minimum atomic E-state index is 1.18. The maximum Gasteiger partial charge on any atom is 0.256 e. The SMILES string of the molecule is CCCCCCCCCCCCCc1n(CCCCCCC)cc[n+]1CCC. The predicted molar refractivity (Wildman–Crippen MR) is 124 cm³/mol. The minimum Gasteiger partial charge on any atom is -0.234 e. The molecule has 0 saturated carbocycles. The van der Waals surface area contributed by atoms with Crippen LogP contribution >= 0.6 is 0 Å². The van der Waals surface area contributed by atoms with Crippen LogP contribution in [-0.4, -0.2) is 4.57 Å². The molecular formula is C26H51N2+. The number of aromatic nitrogens is 2. The van der Waals surface area contributed by atoms with Crippen LogP contribution < -0.4 is 4.57 Å². The summed E-state index contributed by atoms with van der Waals surface area (Å²) in [5.74, 6) is 1.58. The van der Waals surface area contributed by atoms with Crippen molar-refractivity contribution in [2.24, 2.45) is 0 Å². The molecule has 0 aliphatic heterocycles. The van der Waals surface area contributed by atoms with Gasteiger partial charge in [0.05, 0.1) is 13.1 Å². The second-order valence-corrected chi connectivity index (χ2v) is 8.80. The maximum absolute atomic E-state index is 2.55. The van der Waals surface area contributed by atoms with E-state index in [1.54, 1.807) is 5.82 Å². The van der Waals surface area contributed by atoms with Gasteiger partial charge in [-0.3, -0.25) is 0 Å². The van der Waals surface area contributed by atoms with E-state index in [0.29, 0.717) is 0 Å². The van der Waals surface area contributed by atoms with E-state index in [1.165, 1.54) is 129 Å². The van der Waals surface area contributed by atoms with Crippen LogP contribution in [0.25, 0.3) is 0 Å². The van der Waals surface area contributed by atoms with Gasteiger partial charge in [0, 0.05) is 6.42 Å². The van der Waals surface area contributed by atoms with Crippen LogP contribution in [0.2, 0.25) is 0 Å². The third-order valence-electron chi connectivity index (χ3n) is 6.06. The molecule has 2 nitrogen and oxygen atoms in total. The van der Waals surface area contributed by atoms with Gasteiger partial charge in [0.2, 0.25) is 0 Å². The molecule has 0 radical (unpaired) electrons. The van der Waals surface area contributed by atoms with Crippen LogP contribution in [0.1, 0.15) is 136 Å². The van der Waals surface area contributed by atoms with E-state index in [4.69, 9.17) is 0 Å². The van der Waals surface area contributed by atoms with Crippen molar-refractivity contribution < 1.29 is 4.57 Å². The third-order valence-corrected chi connectivity index (χ3v) is 6.06. The monoisotopic (exact) mass is 391 g/mol. The molecule has 0 fully saturated rings. The predicted octanol–water partition coefficient (Wildman–Crippen LogP) is 8.01. The first-order valence-corrected chi connectivity index (χ1v) is 12.9. The molecule has 0 amide bonds. The normalized spacial score (nSPS) is 11.4. The van der Waals surface area contributed by atoms with Crippen LogP contribution in [-0.2, 0) is 19.5 Å². The number of nitrogens with zero attached hydrogens (tertiary/aromatic N) is 2. The van der Waals surface area contributed by atoms with E-state index < -0.39 is 0 Å². The Kier molecular flexibility index (Phi) is 16.5. The van der Waals surface area contributed by atoms with Crippen LogP contribution in [0, 0.1) is 0 Å². The summed E-state index contributed by atoms with van der Waals surface area (Å²) < 4.78 is 5.07. The van der Waals surface area contributed by atoms with Crippen molar-refractivity contribution in [1.29, 1.82) is 0 Å². The van der Waals surface area contributed by atoms with Gasteiger partial charge in [0.15, 0.2) is 0 Å². The summed E-state index contributed by atoms with van der Waals surface area (Å²) in [7, 11) is 0. The van der Waals surface area contributed by atoms with Gasteiger partial charge in [-0.25, -0.2) is 9.13 Å². The summed E-state index contributed by atoms with van der Waals surface area (Å²) in [6.07, 6.45) is 29.7. The number of hydrogen-bond acceptors (Lipinski definition) is 0. The highest BCUT2D eigenvalue weighted by Crippen LogP contribution is 2.13. The average molecular weight is 392 g/mol. The van der Waals surface area contributed by atoms with Crippen molar-refractivity contribution in [3.05, 3.63) is 18.2 Å². The molecule has 0 spiro atoms. The lowest BCUT2D eigenvalue weighted by molar-refractivity contribution is -0.703. The lowest BCUT2D eigenvalue weighted by Gasteiger charge is -2.06. The quantitative estimate of drug-likeness (QED) is 0.157. The van der Waals surface area contributed by atoms with Gasteiger partial charge in [0.25, 0.3) is 5.82 Å². The number of hydrogen-bond donors (Lipinski definition) is 0. The highest BCUT2D eigenvalue weighted by atomic mass is 15.1. The molecule has 0 aliphatic rings. The molecule has 1 aromatic heterocycles. The van der Waals surface area contributed by atoms with E-state index in [2.05, 4.69) is 42.3 Å². The molecule has 164 valence electrons. The van der Waals surface area contributed by atoms with E-state index in [9.17, 15) is 0 Å². The van der Waals surface area contributed by atoms with Crippen LogP contribution in [0.3, 0.4) is 0 Å². The summed E-state index contributed by atoms with van der Waals surface area (Å²) in [5, 5.41) is 0. The fourth-order valence-corrected chi connectivity index (χ4v) is 4.27. The average Bonchev–Trinajstić information content (AvgIpc) is 3.08. The van der Waals surface area contributed by atoms with Crippen molar-refractivity contribution in [1.82, 2.24) is 4.57 Å². The molecule has 28 heavy (non-hydrogen) atoms. The molecule has 0 saturated heterocycles. The molecule has 0 atom stereocenters. The van der Waals surface area contributed by atoms with Crippen molar-refractivity contribution in [3.63, 3.8) is 0 Å². The molecule has 1 rings (SSSR count). The first-order chi connectivity index (χ1) is 13.8. The molecule has 0 aromatic carbocycles. The van der Waals surface area contributed by atoms with Gasteiger partial charge in [0.1, 0.15) is 12.4 Å². The van der Waals surface area contributed by atoms with E-state index in [0.717, 1.165) is 0 Å². The van der Waals surface area contributed by atoms with Gasteiger partial charge in [-0.1, -0.05) is 104 Å². The van der Waals surface area contributed by atoms with E-state index in [-0.39, 0.29) is 0 Å². The number of imidazole rings is 1. The zero-order chi connectivity index (χ0) is 20.3. The second kappa shape index (κ2) is 18.3. The summed E-state index contributed by atoms with van der Waals surface area (Å²) in [5.41, 5.74) is 0. The summed E-state index contributed by atoms with van der Waals surface area (Å²) in [6, 6.07) is 0. The largest absolute Gasteiger partial charge is 0.256 e. The van der Waals surface area contributed by atoms with Gasteiger partial charge in [-0.15, -0.1) is 0 Å². The van der Waals surface area contributed by atoms with Crippen molar-refractivity contribution in [2.45, 2.75) is 149 Å². The van der Waals surface area contributed by atoms with Crippen LogP contribution in [0.4, 0.5) is 0 Å². The van der Waals surface area contributed by atoms with Crippen LogP contribution in [0.5, 0.6) is 0 Å². The van der Waals surface area contributed by atoms with Crippen LogP contribution in [0.15, 0.2) is 12.4 Å². The van der Waals surface area contributed by atoms with E-state index in [1.807, 2.05) is 0 Å². The highest BCUT2D eigenvalue weighted by Gasteiger charge is 2.15. The fraction of sp³-hybridized carbons (Fsp3) is 0.885. The standard InChI is InChI=1S/C26H51N2/c1-4-7-9-11-12-13-14-15-16-17-19-21-26-27(22-6-3)24-25-28(26)23-20-18-10-8-5-2/h24-25H,4-23H2,1-3H3/q+1. The lowest BCUT2D eigenvalue weighted by Crippen LogP contribution is -2.37. The first-order valence-electron chi connectivity index (χ1n) is 12.9. The minimum absolute atomic E-state index is 1.18. The molecular weight excluding hydrogens is 340 g/mol. The Balaban J connectivity index is 2.19. The Morgan fingerprint density at radius 3 is 1.64 bits per heavy atom. The maximum atomic E-state index is 2.55. The smallest absolute Gasteiger partial charge is 0.234 e. The van der Waals surface area contributed by atoms with Crippen molar-refractivity contribution in [3.8, 4) is 0 Å². The zero-order valence-electron chi connectivity index (χ0n) is 19.7. The van der Waals surface area contributed by atoms with Gasteiger partial charge in [-0.05, 0) is 25.7 Å². The summed E-state index contributed by atoms with van der Waals surface area (Å²) in [4.78, 5) is 0. The Hall–Kier alpha value is -0.790. The Bertz CT molecular complexity index is 449. The Morgan fingerprint density at radius 2 is 1.11 bits per heavy atom. The summed E-state index contributed by atoms with van der Waals surface area (Å²) in [6.45, 7) is 9.28. The molecule has 0 N–H and O–H groups in total. The number of aryl methyl sites for hydroxylation is 2. The van der Waals surface area contributed by atoms with Crippen molar-refractivity contribution >= 4 is 0 Å². The topological polar surface area (TPSA) is 8.81 Å². The lowest BCUT2D eigenvalue weighted by atomic mass is 10.1. The molecule has 0 aliphatic carbocycles. The zero-order valence-corrected chi connectivity index (χ0v) is 19.7. The van der Waals surface area contributed by atoms with Gasteiger partial charge < -0.3 is 0 Å². The molecule has 0 bridgehead atoms. The van der Waals surface area contributed by atoms with E-state index >= 15 is 0 Å². The third kappa shape index (κ3) is 11.9. The highest BCUT2D eigenvalue weighted by molar-refractivity contribution is 4.84. The molecule has 1 heterocycles. The molecule has 0 unspecified atom stereocenters. The molecule has 2 heteroatoms. The Morgan fingerprint density at radius 1 is 0.607 bits per heavy atom. The Labute approximate surface area is 177 Å². The van der Waals surface area contributed by atoms with Crippen molar-refractivity contribution in [2.75, 3.05) is 0 Å². The molecule has 1 aromatic rings.